The van der Waals surface area contributed by atoms with E-state index in [1.54, 1.807) is 42.7 Å². The Bertz CT molecular complexity index is 1120. The van der Waals surface area contributed by atoms with Crippen molar-refractivity contribution in [3.05, 3.63) is 102 Å². The Hall–Kier alpha value is -4.06. The molecule has 3 heterocycles. The van der Waals surface area contributed by atoms with Crippen LogP contribution in [0.3, 0.4) is 0 Å². The zero-order valence-corrected chi connectivity index (χ0v) is 17.6. The van der Waals surface area contributed by atoms with Crippen LogP contribution in [0.1, 0.15) is 34.3 Å². The van der Waals surface area contributed by atoms with Crippen LogP contribution in [0, 0.1) is 0 Å². The molecule has 160 valence electrons. The van der Waals surface area contributed by atoms with Gasteiger partial charge in [-0.25, -0.2) is 4.98 Å². The van der Waals surface area contributed by atoms with E-state index in [0.717, 1.165) is 18.4 Å². The van der Waals surface area contributed by atoms with Gasteiger partial charge in [-0.3, -0.25) is 14.6 Å². The van der Waals surface area contributed by atoms with E-state index in [9.17, 15) is 9.59 Å². The molecule has 1 N–H and O–H groups in total. The van der Waals surface area contributed by atoms with Crippen LogP contribution in [-0.4, -0.2) is 39.8 Å². The highest BCUT2D eigenvalue weighted by atomic mass is 16.2. The number of amides is 2. The summed E-state index contributed by atoms with van der Waals surface area (Å²) < 4.78 is 0. The number of benzene rings is 1. The molecule has 0 saturated heterocycles. The lowest BCUT2D eigenvalue weighted by atomic mass is 10.0. The smallest absolute Gasteiger partial charge is 0.258 e. The average molecular weight is 425 g/mol. The molecule has 0 fully saturated rings. The van der Waals surface area contributed by atoms with Crippen molar-refractivity contribution in [2.45, 2.75) is 12.8 Å². The maximum absolute atomic E-state index is 12.7. The lowest BCUT2D eigenvalue weighted by molar-refractivity contribution is -0.125. The van der Waals surface area contributed by atoms with E-state index in [2.05, 4.69) is 33.5 Å². The van der Waals surface area contributed by atoms with Crippen molar-refractivity contribution in [3.8, 4) is 0 Å². The maximum Gasteiger partial charge on any atom is 0.258 e. The molecule has 2 amide bonds. The van der Waals surface area contributed by atoms with Crippen molar-refractivity contribution in [3.63, 3.8) is 0 Å². The van der Waals surface area contributed by atoms with E-state index in [1.807, 2.05) is 29.2 Å². The van der Waals surface area contributed by atoms with Crippen molar-refractivity contribution >= 4 is 29.3 Å². The Kier molecular flexibility index (Phi) is 6.82. The quantitative estimate of drug-likeness (QED) is 0.614. The van der Waals surface area contributed by atoms with E-state index in [-0.39, 0.29) is 11.8 Å². The van der Waals surface area contributed by atoms with Crippen molar-refractivity contribution < 1.29 is 9.59 Å². The third-order valence-electron chi connectivity index (χ3n) is 5.27. The van der Waals surface area contributed by atoms with Crippen molar-refractivity contribution in [1.82, 2.24) is 14.9 Å². The van der Waals surface area contributed by atoms with Gasteiger partial charge in [-0.05, 0) is 59.9 Å². The summed E-state index contributed by atoms with van der Waals surface area (Å²) in [6.07, 6.45) is 12.0. The Morgan fingerprint density at radius 3 is 2.59 bits per heavy atom. The minimum atomic E-state index is -0.270. The highest BCUT2D eigenvalue weighted by molar-refractivity contribution is 6.03. The fraction of sp³-hybridized carbons (Fsp3) is 0.154. The molecule has 4 rings (SSSR count). The van der Waals surface area contributed by atoms with E-state index >= 15 is 0 Å². The zero-order valence-electron chi connectivity index (χ0n) is 17.6. The summed E-state index contributed by atoms with van der Waals surface area (Å²) in [5.41, 5.74) is 3.76. The van der Waals surface area contributed by atoms with Gasteiger partial charge in [0.1, 0.15) is 5.82 Å². The van der Waals surface area contributed by atoms with E-state index in [1.165, 1.54) is 17.3 Å². The van der Waals surface area contributed by atoms with Gasteiger partial charge in [-0.1, -0.05) is 36.4 Å². The number of hydrogen-bond donors (Lipinski definition) is 1. The molecule has 0 unspecified atom stereocenters. The van der Waals surface area contributed by atoms with Crippen LogP contribution < -0.4 is 5.32 Å². The molecule has 1 aromatic carbocycles. The van der Waals surface area contributed by atoms with Gasteiger partial charge in [0.05, 0.1) is 5.56 Å². The van der Waals surface area contributed by atoms with Gasteiger partial charge in [0.2, 0.25) is 5.91 Å². The molecule has 1 aliphatic heterocycles. The number of anilines is 1. The van der Waals surface area contributed by atoms with Crippen molar-refractivity contribution in [2.24, 2.45) is 0 Å². The summed E-state index contributed by atoms with van der Waals surface area (Å²) in [7, 11) is 0. The summed E-state index contributed by atoms with van der Waals surface area (Å²) in [6, 6.07) is 17.2. The SMILES string of the molecule is O=C(Nc1ccc(C=CC(=O)N2CCC=C(c3ccccc3)CC2)cn1)c1cccnc1. The second kappa shape index (κ2) is 10.3. The van der Waals surface area contributed by atoms with E-state index in [0.29, 0.717) is 24.5 Å². The van der Waals surface area contributed by atoms with Crippen molar-refractivity contribution in [2.75, 3.05) is 18.4 Å². The summed E-state index contributed by atoms with van der Waals surface area (Å²) >= 11 is 0. The molecule has 0 spiro atoms. The minimum absolute atomic E-state index is 0.0123. The monoisotopic (exact) mass is 424 g/mol. The summed E-state index contributed by atoms with van der Waals surface area (Å²) in [5.74, 6) is 0.157. The normalized spacial score (nSPS) is 14.0. The molecule has 0 atom stereocenters. The van der Waals surface area contributed by atoms with Crippen molar-refractivity contribution in [1.29, 1.82) is 0 Å². The molecule has 0 radical (unpaired) electrons. The number of hydrogen-bond acceptors (Lipinski definition) is 4. The Balaban J connectivity index is 1.31. The molecule has 2 aromatic heterocycles. The minimum Gasteiger partial charge on any atom is -0.339 e. The number of rotatable bonds is 5. The standard InChI is InChI=1S/C26H24N4O2/c31-25(30-16-5-9-22(14-17-30)21-6-2-1-3-7-21)13-11-20-10-12-24(28-18-20)29-26(32)23-8-4-15-27-19-23/h1-4,6-13,15,18-19H,5,14,16-17H2,(H,28,29,32). The van der Waals surface area contributed by atoms with Crippen LogP contribution in [0.4, 0.5) is 5.82 Å². The largest absolute Gasteiger partial charge is 0.339 e. The van der Waals surface area contributed by atoms with Gasteiger partial charge in [0.15, 0.2) is 0 Å². The van der Waals surface area contributed by atoms with Gasteiger partial charge in [-0.2, -0.15) is 0 Å². The van der Waals surface area contributed by atoms with Gasteiger partial charge in [0.25, 0.3) is 5.91 Å². The number of carbonyl (C=O) groups excluding carboxylic acids is 2. The average Bonchev–Trinajstić information content (AvgIpc) is 3.11. The Morgan fingerprint density at radius 2 is 1.84 bits per heavy atom. The predicted molar refractivity (Wildman–Crippen MR) is 126 cm³/mol. The number of carbonyl (C=O) groups is 2. The van der Waals surface area contributed by atoms with Crippen LogP contribution in [0.25, 0.3) is 11.6 Å². The van der Waals surface area contributed by atoms with Crippen LogP contribution in [0.2, 0.25) is 0 Å². The molecule has 3 aromatic rings. The van der Waals surface area contributed by atoms with E-state index in [4.69, 9.17) is 0 Å². The van der Waals surface area contributed by atoms with Gasteiger partial charge < -0.3 is 10.2 Å². The van der Waals surface area contributed by atoms with Crippen LogP contribution >= 0.6 is 0 Å². The number of pyridine rings is 2. The summed E-state index contributed by atoms with van der Waals surface area (Å²) in [4.78, 5) is 34.9. The first kappa shape index (κ1) is 21.2. The van der Waals surface area contributed by atoms with Crippen LogP contribution in [-0.2, 0) is 4.79 Å². The molecule has 0 bridgehead atoms. The molecule has 6 heteroatoms. The summed E-state index contributed by atoms with van der Waals surface area (Å²) in [5, 5.41) is 2.73. The highest BCUT2D eigenvalue weighted by Gasteiger charge is 2.15. The molecular weight excluding hydrogens is 400 g/mol. The first-order chi connectivity index (χ1) is 15.7. The fourth-order valence-corrected chi connectivity index (χ4v) is 3.54. The molecule has 32 heavy (non-hydrogen) atoms. The molecule has 1 aliphatic rings. The second-order valence-electron chi connectivity index (χ2n) is 7.47. The Morgan fingerprint density at radius 1 is 0.969 bits per heavy atom. The Labute approximate surface area is 187 Å². The third kappa shape index (κ3) is 5.55. The number of nitrogens with zero attached hydrogens (tertiary/aromatic N) is 3. The lowest BCUT2D eigenvalue weighted by Crippen LogP contribution is -2.30. The van der Waals surface area contributed by atoms with E-state index < -0.39 is 0 Å². The second-order valence-corrected chi connectivity index (χ2v) is 7.47. The van der Waals surface area contributed by atoms with Gasteiger partial charge in [-0.15, -0.1) is 0 Å². The first-order valence-corrected chi connectivity index (χ1v) is 10.6. The topological polar surface area (TPSA) is 75.2 Å². The molecule has 0 aliphatic carbocycles. The molecule has 0 saturated carbocycles. The van der Waals surface area contributed by atoms with Crippen LogP contribution in [0.5, 0.6) is 0 Å². The molecule has 6 nitrogen and oxygen atoms in total. The fourth-order valence-electron chi connectivity index (χ4n) is 3.54. The first-order valence-electron chi connectivity index (χ1n) is 10.6. The molecular formula is C26H24N4O2. The zero-order chi connectivity index (χ0) is 22.2. The lowest BCUT2D eigenvalue weighted by Gasteiger charge is -2.18. The third-order valence-corrected chi connectivity index (χ3v) is 5.27. The summed E-state index contributed by atoms with van der Waals surface area (Å²) in [6.45, 7) is 1.40. The maximum atomic E-state index is 12.7. The highest BCUT2D eigenvalue weighted by Crippen LogP contribution is 2.22. The number of nitrogens with one attached hydrogen (secondary N) is 1. The number of aromatic nitrogens is 2. The van der Waals surface area contributed by atoms with Crippen LogP contribution in [0.15, 0.2) is 85.3 Å². The predicted octanol–water partition coefficient (Wildman–Crippen LogP) is 4.45. The van der Waals surface area contributed by atoms with Gasteiger partial charge in [0, 0.05) is 37.8 Å². The van der Waals surface area contributed by atoms with Gasteiger partial charge >= 0.3 is 0 Å².